The van der Waals surface area contributed by atoms with E-state index in [4.69, 9.17) is 4.42 Å². The summed E-state index contributed by atoms with van der Waals surface area (Å²) in [5.41, 5.74) is 0. The van der Waals surface area contributed by atoms with Crippen LogP contribution in [0.15, 0.2) is 9.64 Å². The van der Waals surface area contributed by atoms with Crippen molar-refractivity contribution >= 4 is 17.7 Å². The summed E-state index contributed by atoms with van der Waals surface area (Å²) in [4.78, 5) is 11.3. The number of carbonyl (C=O) groups is 1. The third kappa shape index (κ3) is 2.73. The van der Waals surface area contributed by atoms with Crippen LogP contribution < -0.4 is 5.32 Å². The number of thioether (sulfide) groups is 1. The van der Waals surface area contributed by atoms with Crippen molar-refractivity contribution in [3.8, 4) is 0 Å². The number of aromatic nitrogens is 2. The van der Waals surface area contributed by atoms with E-state index in [9.17, 15) is 4.79 Å². The first kappa shape index (κ1) is 9.51. The quantitative estimate of drug-likeness (QED) is 0.747. The van der Waals surface area contributed by atoms with Gasteiger partial charge >= 0.3 is 0 Å². The van der Waals surface area contributed by atoms with Gasteiger partial charge in [-0.25, -0.2) is 0 Å². The van der Waals surface area contributed by atoms with Crippen molar-refractivity contribution in [1.82, 2.24) is 15.5 Å². The lowest BCUT2D eigenvalue weighted by Gasteiger charge is -1.99. The highest BCUT2D eigenvalue weighted by atomic mass is 32.2. The molecule has 1 amide bonds. The van der Waals surface area contributed by atoms with E-state index < -0.39 is 0 Å². The van der Waals surface area contributed by atoms with Crippen LogP contribution in [0.1, 0.15) is 18.7 Å². The average molecular weight is 213 g/mol. The monoisotopic (exact) mass is 213 g/mol. The summed E-state index contributed by atoms with van der Waals surface area (Å²) < 4.78 is 5.12. The largest absolute Gasteiger partial charge is 0.416 e. The van der Waals surface area contributed by atoms with E-state index >= 15 is 0 Å². The van der Waals surface area contributed by atoms with Crippen LogP contribution in [0.3, 0.4) is 0 Å². The fourth-order valence-electron chi connectivity index (χ4n) is 0.961. The number of hydrogen-bond acceptors (Lipinski definition) is 5. The van der Waals surface area contributed by atoms with E-state index in [1.165, 1.54) is 11.8 Å². The molecule has 76 valence electrons. The molecule has 0 saturated heterocycles. The molecule has 1 heterocycles. The van der Waals surface area contributed by atoms with Gasteiger partial charge in [-0.3, -0.25) is 4.79 Å². The molecule has 2 rings (SSSR count). The van der Waals surface area contributed by atoms with Gasteiger partial charge in [0.25, 0.3) is 5.22 Å². The standard InChI is InChI=1S/C8H11N3O2S/c1-5-10-11-8(13-5)14-4-7(12)9-6-2-3-6/h6H,2-4H2,1H3,(H,9,12). The first-order valence-corrected chi connectivity index (χ1v) is 5.45. The van der Waals surface area contributed by atoms with Gasteiger partial charge in [-0.1, -0.05) is 11.8 Å². The second-order valence-electron chi connectivity index (χ2n) is 3.22. The van der Waals surface area contributed by atoms with Gasteiger partial charge in [0.05, 0.1) is 5.75 Å². The molecule has 5 nitrogen and oxygen atoms in total. The highest BCUT2D eigenvalue weighted by Gasteiger charge is 2.23. The van der Waals surface area contributed by atoms with Crippen LogP contribution in [0.25, 0.3) is 0 Å². The van der Waals surface area contributed by atoms with E-state index in [1.54, 1.807) is 6.92 Å². The SMILES string of the molecule is Cc1nnc(SCC(=O)NC2CC2)o1. The summed E-state index contributed by atoms with van der Waals surface area (Å²) in [6.45, 7) is 1.72. The van der Waals surface area contributed by atoms with Crippen molar-refractivity contribution in [3.05, 3.63) is 5.89 Å². The number of amides is 1. The fraction of sp³-hybridized carbons (Fsp3) is 0.625. The number of nitrogens with one attached hydrogen (secondary N) is 1. The van der Waals surface area contributed by atoms with Gasteiger partial charge in [-0.15, -0.1) is 10.2 Å². The normalized spacial score (nSPS) is 15.5. The number of aryl methyl sites for hydroxylation is 1. The molecule has 1 aliphatic carbocycles. The van der Waals surface area contributed by atoms with Crippen LogP contribution in [0.5, 0.6) is 0 Å². The van der Waals surface area contributed by atoms with Gasteiger partial charge in [-0.2, -0.15) is 0 Å². The Balaban J connectivity index is 1.73. The van der Waals surface area contributed by atoms with Gasteiger partial charge in [0, 0.05) is 13.0 Å². The van der Waals surface area contributed by atoms with Crippen molar-refractivity contribution < 1.29 is 9.21 Å². The van der Waals surface area contributed by atoms with Crippen molar-refractivity contribution in [2.75, 3.05) is 5.75 Å². The number of carbonyl (C=O) groups excluding carboxylic acids is 1. The second kappa shape index (κ2) is 4.00. The molecule has 1 aliphatic rings. The van der Waals surface area contributed by atoms with Crippen molar-refractivity contribution in [2.45, 2.75) is 31.0 Å². The second-order valence-corrected chi connectivity index (χ2v) is 4.14. The number of hydrogen-bond donors (Lipinski definition) is 1. The van der Waals surface area contributed by atoms with E-state index in [0.717, 1.165) is 12.8 Å². The number of rotatable bonds is 4. The molecule has 1 aromatic heterocycles. The summed E-state index contributed by atoms with van der Waals surface area (Å²) >= 11 is 1.27. The van der Waals surface area contributed by atoms with Gasteiger partial charge in [0.1, 0.15) is 0 Å². The zero-order valence-electron chi connectivity index (χ0n) is 7.82. The molecule has 0 atom stereocenters. The van der Waals surface area contributed by atoms with Gasteiger partial charge in [-0.05, 0) is 12.8 Å². The van der Waals surface area contributed by atoms with Crippen LogP contribution in [0, 0.1) is 6.92 Å². The minimum absolute atomic E-state index is 0.0355. The summed E-state index contributed by atoms with van der Waals surface area (Å²) in [6, 6.07) is 0.410. The lowest BCUT2D eigenvalue weighted by molar-refractivity contribution is -0.118. The van der Waals surface area contributed by atoms with E-state index in [0.29, 0.717) is 22.9 Å². The molecule has 0 aromatic carbocycles. The molecule has 1 aromatic rings. The predicted molar refractivity (Wildman–Crippen MR) is 50.9 cm³/mol. The predicted octanol–water partition coefficient (Wildman–Crippen LogP) is 0.749. The van der Waals surface area contributed by atoms with Gasteiger partial charge < -0.3 is 9.73 Å². The highest BCUT2D eigenvalue weighted by molar-refractivity contribution is 7.99. The van der Waals surface area contributed by atoms with Crippen LogP contribution >= 0.6 is 11.8 Å². The molecule has 0 bridgehead atoms. The van der Waals surface area contributed by atoms with Crippen LogP contribution in [0.4, 0.5) is 0 Å². The Morgan fingerprint density at radius 3 is 3.00 bits per heavy atom. The Hall–Kier alpha value is -1.04. The molecule has 6 heteroatoms. The summed E-state index contributed by atoms with van der Waals surface area (Å²) in [7, 11) is 0. The van der Waals surface area contributed by atoms with Crippen molar-refractivity contribution in [1.29, 1.82) is 0 Å². The summed E-state index contributed by atoms with van der Waals surface area (Å²) in [5.74, 6) is 0.904. The minimum Gasteiger partial charge on any atom is -0.416 e. The lowest BCUT2D eigenvalue weighted by atomic mass is 10.6. The summed E-state index contributed by atoms with van der Waals surface area (Å²) in [6.07, 6.45) is 2.21. The van der Waals surface area contributed by atoms with Gasteiger partial charge in [0.15, 0.2) is 0 Å². The molecule has 0 aliphatic heterocycles. The minimum atomic E-state index is 0.0355. The zero-order valence-corrected chi connectivity index (χ0v) is 8.63. The third-order valence-electron chi connectivity index (χ3n) is 1.78. The molecule has 1 saturated carbocycles. The van der Waals surface area contributed by atoms with E-state index in [-0.39, 0.29) is 5.91 Å². The van der Waals surface area contributed by atoms with Gasteiger partial charge in [0.2, 0.25) is 11.8 Å². The maximum atomic E-state index is 11.3. The topological polar surface area (TPSA) is 68.0 Å². The first-order valence-electron chi connectivity index (χ1n) is 4.46. The third-order valence-corrected chi connectivity index (χ3v) is 2.60. The molecular formula is C8H11N3O2S. The van der Waals surface area contributed by atoms with E-state index in [1.807, 2.05) is 0 Å². The van der Waals surface area contributed by atoms with Crippen molar-refractivity contribution in [2.24, 2.45) is 0 Å². The van der Waals surface area contributed by atoms with Crippen molar-refractivity contribution in [3.63, 3.8) is 0 Å². The lowest BCUT2D eigenvalue weighted by Crippen LogP contribution is -2.26. The fourth-order valence-corrected chi connectivity index (χ4v) is 1.58. The first-order chi connectivity index (χ1) is 6.74. The number of nitrogens with zero attached hydrogens (tertiary/aromatic N) is 2. The Kier molecular flexibility index (Phi) is 2.72. The molecular weight excluding hydrogens is 202 g/mol. The average Bonchev–Trinajstić information content (AvgIpc) is 2.85. The Labute approximate surface area is 85.7 Å². The smallest absolute Gasteiger partial charge is 0.277 e. The highest BCUT2D eigenvalue weighted by Crippen LogP contribution is 2.20. The van der Waals surface area contributed by atoms with Crippen LogP contribution in [-0.4, -0.2) is 27.9 Å². The molecule has 0 radical (unpaired) electrons. The summed E-state index contributed by atoms with van der Waals surface area (Å²) in [5, 5.41) is 10.8. The molecule has 0 unspecified atom stereocenters. The Morgan fingerprint density at radius 2 is 2.43 bits per heavy atom. The Bertz CT molecular complexity index is 335. The molecule has 14 heavy (non-hydrogen) atoms. The van der Waals surface area contributed by atoms with E-state index in [2.05, 4.69) is 15.5 Å². The maximum absolute atomic E-state index is 11.3. The van der Waals surface area contributed by atoms with Crippen LogP contribution in [0.2, 0.25) is 0 Å². The molecule has 1 fully saturated rings. The zero-order chi connectivity index (χ0) is 9.97. The van der Waals surface area contributed by atoms with Crippen LogP contribution in [-0.2, 0) is 4.79 Å². The maximum Gasteiger partial charge on any atom is 0.277 e. The molecule has 1 N–H and O–H groups in total. The Morgan fingerprint density at radius 1 is 1.64 bits per heavy atom. The molecule has 0 spiro atoms.